The Kier molecular flexibility index (Phi) is 5.14. The average molecular weight is 226 g/mol. The lowest BCUT2D eigenvalue weighted by atomic mass is 10.3. The van der Waals surface area contributed by atoms with E-state index < -0.39 is 0 Å². The van der Waals surface area contributed by atoms with Crippen molar-refractivity contribution in [3.63, 3.8) is 0 Å². The Morgan fingerprint density at radius 2 is 2.25 bits per heavy atom. The van der Waals surface area contributed by atoms with Crippen LogP contribution in [0.3, 0.4) is 0 Å². The van der Waals surface area contributed by atoms with Gasteiger partial charge in [0.25, 0.3) is 0 Å². The second kappa shape index (κ2) is 6.40. The van der Waals surface area contributed by atoms with Gasteiger partial charge >= 0.3 is 6.01 Å². The van der Waals surface area contributed by atoms with Crippen LogP contribution in [0, 0.1) is 6.92 Å². The van der Waals surface area contributed by atoms with E-state index in [4.69, 9.17) is 14.6 Å². The Hall–Kier alpha value is -1.20. The lowest BCUT2D eigenvalue weighted by Gasteiger charge is -2.13. The molecule has 0 fully saturated rings. The van der Waals surface area contributed by atoms with E-state index in [1.807, 2.05) is 20.8 Å². The predicted molar refractivity (Wildman–Crippen MR) is 59.3 cm³/mol. The molecule has 0 aliphatic heterocycles. The fourth-order valence-corrected chi connectivity index (χ4v) is 1.18. The quantitative estimate of drug-likeness (QED) is 0.786. The first kappa shape index (κ1) is 12.9. The van der Waals surface area contributed by atoms with Gasteiger partial charge in [0.05, 0.1) is 18.9 Å². The van der Waals surface area contributed by atoms with Gasteiger partial charge in [0.15, 0.2) is 0 Å². The van der Waals surface area contributed by atoms with E-state index >= 15 is 0 Å². The average Bonchev–Trinajstić information content (AvgIpc) is 2.26. The molecule has 0 aliphatic rings. The van der Waals surface area contributed by atoms with E-state index in [9.17, 15) is 0 Å². The third-order valence-electron chi connectivity index (χ3n) is 2.09. The molecular formula is C11H18N2O3. The molecular weight excluding hydrogens is 208 g/mol. The summed E-state index contributed by atoms with van der Waals surface area (Å²) in [6.45, 7) is 6.77. The number of aliphatic hydroxyl groups is 1. The topological polar surface area (TPSA) is 64.5 Å². The van der Waals surface area contributed by atoms with E-state index in [-0.39, 0.29) is 12.7 Å². The highest BCUT2D eigenvalue weighted by Gasteiger charge is 2.08. The van der Waals surface area contributed by atoms with E-state index in [2.05, 4.69) is 9.97 Å². The highest BCUT2D eigenvalue weighted by Crippen LogP contribution is 2.10. The monoisotopic (exact) mass is 226 g/mol. The van der Waals surface area contributed by atoms with Gasteiger partial charge in [-0.3, -0.25) is 0 Å². The van der Waals surface area contributed by atoms with Crippen molar-refractivity contribution in [2.75, 3.05) is 13.2 Å². The summed E-state index contributed by atoms with van der Waals surface area (Å²) in [5, 5.41) is 8.97. The number of rotatable bonds is 6. The maximum absolute atomic E-state index is 8.97. The number of aliphatic hydroxyl groups excluding tert-OH is 1. The van der Waals surface area contributed by atoms with Gasteiger partial charge in [-0.1, -0.05) is 0 Å². The third-order valence-corrected chi connectivity index (χ3v) is 2.09. The Balaban J connectivity index is 2.57. The van der Waals surface area contributed by atoms with Crippen molar-refractivity contribution in [2.24, 2.45) is 0 Å². The summed E-state index contributed by atoms with van der Waals surface area (Å²) in [5.41, 5.74) is 1.45. The number of aromatic nitrogens is 2. The molecule has 0 aromatic carbocycles. The summed E-state index contributed by atoms with van der Waals surface area (Å²) >= 11 is 0. The van der Waals surface area contributed by atoms with Crippen molar-refractivity contribution in [3.8, 4) is 6.01 Å². The molecule has 0 saturated carbocycles. The lowest BCUT2D eigenvalue weighted by molar-refractivity contribution is 0.0605. The largest absolute Gasteiger partial charge is 0.458 e. The highest BCUT2D eigenvalue weighted by molar-refractivity contribution is 5.16. The molecule has 1 unspecified atom stereocenters. The highest BCUT2D eigenvalue weighted by atomic mass is 16.5. The second-order valence-electron chi connectivity index (χ2n) is 3.51. The number of hydrogen-bond acceptors (Lipinski definition) is 5. The van der Waals surface area contributed by atoms with E-state index in [0.29, 0.717) is 24.8 Å². The van der Waals surface area contributed by atoms with Crippen molar-refractivity contribution in [1.82, 2.24) is 9.97 Å². The molecule has 1 rings (SSSR count). The zero-order valence-electron chi connectivity index (χ0n) is 9.93. The standard InChI is InChI=1S/C11H18N2O3/c1-4-15-7-8(2)16-11-12-5-10(6-14)9(3)13-11/h5,8,14H,4,6-7H2,1-3H3. The summed E-state index contributed by atoms with van der Waals surface area (Å²) in [6, 6.07) is 0.321. The first-order valence-electron chi connectivity index (χ1n) is 5.35. The molecule has 0 aliphatic carbocycles. The number of nitrogens with zero attached hydrogens (tertiary/aromatic N) is 2. The van der Waals surface area contributed by atoms with Crippen molar-refractivity contribution in [3.05, 3.63) is 17.5 Å². The lowest BCUT2D eigenvalue weighted by Crippen LogP contribution is -2.20. The van der Waals surface area contributed by atoms with Crippen LogP contribution < -0.4 is 4.74 Å². The minimum Gasteiger partial charge on any atom is -0.458 e. The van der Waals surface area contributed by atoms with Crippen LogP contribution >= 0.6 is 0 Å². The molecule has 90 valence electrons. The van der Waals surface area contributed by atoms with Crippen molar-refractivity contribution in [1.29, 1.82) is 0 Å². The van der Waals surface area contributed by atoms with E-state index in [0.717, 1.165) is 5.69 Å². The molecule has 5 nitrogen and oxygen atoms in total. The van der Waals surface area contributed by atoms with Gasteiger partial charge < -0.3 is 14.6 Å². The molecule has 0 bridgehead atoms. The van der Waals surface area contributed by atoms with Crippen LogP contribution in [0.15, 0.2) is 6.20 Å². The number of aryl methyl sites for hydroxylation is 1. The van der Waals surface area contributed by atoms with Crippen molar-refractivity contribution < 1.29 is 14.6 Å². The Morgan fingerprint density at radius 1 is 1.50 bits per heavy atom. The molecule has 5 heteroatoms. The SMILES string of the molecule is CCOCC(C)Oc1ncc(CO)c(C)n1. The molecule has 1 aromatic rings. The minimum atomic E-state index is -0.0840. The summed E-state index contributed by atoms with van der Waals surface area (Å²) in [4.78, 5) is 8.15. The first-order valence-corrected chi connectivity index (χ1v) is 5.35. The summed E-state index contributed by atoms with van der Waals surface area (Å²) in [7, 11) is 0. The van der Waals surface area contributed by atoms with Gasteiger partial charge in [-0.05, 0) is 20.8 Å². The van der Waals surface area contributed by atoms with Crippen LogP contribution in [0.2, 0.25) is 0 Å². The van der Waals surface area contributed by atoms with Gasteiger partial charge in [-0.15, -0.1) is 0 Å². The predicted octanol–water partition coefficient (Wildman–Crippen LogP) is 1.08. The fourth-order valence-electron chi connectivity index (χ4n) is 1.18. The van der Waals surface area contributed by atoms with E-state index in [1.54, 1.807) is 6.20 Å². The number of hydrogen-bond donors (Lipinski definition) is 1. The molecule has 1 heterocycles. The Labute approximate surface area is 95.4 Å². The van der Waals surface area contributed by atoms with Crippen molar-refractivity contribution >= 4 is 0 Å². The summed E-state index contributed by atoms with van der Waals surface area (Å²) < 4.78 is 10.7. The zero-order valence-corrected chi connectivity index (χ0v) is 9.93. The van der Waals surface area contributed by atoms with Gasteiger partial charge in [-0.25, -0.2) is 9.97 Å². The molecule has 0 spiro atoms. The molecule has 0 radical (unpaired) electrons. The molecule has 0 amide bonds. The molecule has 0 saturated heterocycles. The van der Waals surface area contributed by atoms with E-state index in [1.165, 1.54) is 0 Å². The smallest absolute Gasteiger partial charge is 0.316 e. The molecule has 16 heavy (non-hydrogen) atoms. The van der Waals surface area contributed by atoms with Gasteiger partial charge in [0.1, 0.15) is 6.10 Å². The Morgan fingerprint density at radius 3 is 2.81 bits per heavy atom. The van der Waals surface area contributed by atoms with Gasteiger partial charge in [0, 0.05) is 18.4 Å². The summed E-state index contributed by atoms with van der Waals surface area (Å²) in [5.74, 6) is 0. The van der Waals surface area contributed by atoms with Crippen LogP contribution in [-0.2, 0) is 11.3 Å². The van der Waals surface area contributed by atoms with Crippen LogP contribution in [0.1, 0.15) is 25.1 Å². The number of ether oxygens (including phenoxy) is 2. The van der Waals surface area contributed by atoms with Gasteiger partial charge in [-0.2, -0.15) is 0 Å². The molecule has 1 N–H and O–H groups in total. The molecule has 1 atom stereocenters. The van der Waals surface area contributed by atoms with Crippen molar-refractivity contribution in [2.45, 2.75) is 33.5 Å². The second-order valence-corrected chi connectivity index (χ2v) is 3.51. The first-order chi connectivity index (χ1) is 7.67. The molecule has 1 aromatic heterocycles. The summed E-state index contributed by atoms with van der Waals surface area (Å²) in [6.07, 6.45) is 1.49. The normalized spacial score (nSPS) is 12.5. The zero-order chi connectivity index (χ0) is 12.0. The van der Waals surface area contributed by atoms with Crippen LogP contribution in [0.4, 0.5) is 0 Å². The maximum atomic E-state index is 8.97. The maximum Gasteiger partial charge on any atom is 0.316 e. The fraction of sp³-hybridized carbons (Fsp3) is 0.636. The van der Waals surface area contributed by atoms with Crippen LogP contribution in [0.5, 0.6) is 6.01 Å². The Bertz CT molecular complexity index is 331. The van der Waals surface area contributed by atoms with Crippen LogP contribution in [-0.4, -0.2) is 34.4 Å². The minimum absolute atomic E-state index is 0.0549. The van der Waals surface area contributed by atoms with Gasteiger partial charge in [0.2, 0.25) is 0 Å². The third kappa shape index (κ3) is 3.75. The van der Waals surface area contributed by atoms with Crippen LogP contribution in [0.25, 0.3) is 0 Å².